The molecule has 2 aliphatic carbocycles. The molecule has 2 N–H and O–H groups in total. The second-order valence-corrected chi connectivity index (χ2v) is 37.5. The Morgan fingerprint density at radius 2 is 1.06 bits per heavy atom. The summed E-state index contributed by atoms with van der Waals surface area (Å²) in [5.41, 5.74) is 3.05. The Morgan fingerprint density at radius 3 is 1.42 bits per heavy atom. The number of aromatic nitrogens is 4. The largest absolute Gasteiger partial charge is 0.435 e. The number of nitrogens with one attached hydrogen (secondary N) is 2. The molecule has 458 valence electrons. The molecule has 2 aliphatic rings. The fourth-order valence-electron chi connectivity index (χ4n) is 10.2. The number of hydrogen-bond acceptors (Lipinski definition) is 10. The summed E-state index contributed by atoms with van der Waals surface area (Å²) in [7, 11) is -8.76. The fourth-order valence-corrected chi connectivity index (χ4v) is 30.0. The Bertz CT molecular complexity index is 3490. The average Bonchev–Trinajstić information content (AvgIpc) is 1.67. The SMILES string of the molecule is CCC[CH2][Sn]([CH2]CCC)([CH2]CCC)[c]1c(C#N)c2ccc(OC(F)F)cc2n1C1CCC1.C[C@H](NS(=O)(=O)c1ccc(-c2c(C#N)c3ccc(OC(F)F)cc3n2C2CCC2)nc1)C(F)(F)F.C[C@H](NS(=O)(=O)c1ccc(Cl)nc1)C(F)(F)F. The molecule has 2 atom stereocenters. The van der Waals surface area contributed by atoms with Crippen molar-refractivity contribution in [1.82, 2.24) is 28.5 Å². The van der Waals surface area contributed by atoms with Gasteiger partial charge in [-0.15, -0.1) is 0 Å². The summed E-state index contributed by atoms with van der Waals surface area (Å²) in [6.45, 7) is 2.30. The zero-order chi connectivity index (χ0) is 62.0. The third-order valence-corrected chi connectivity index (χ3v) is 33.7. The van der Waals surface area contributed by atoms with E-state index in [1.165, 1.54) is 97.0 Å². The van der Waals surface area contributed by atoms with Gasteiger partial charge in [-0.05, 0) is 69.5 Å². The molecule has 28 heteroatoms. The van der Waals surface area contributed by atoms with E-state index < -0.39 is 81.0 Å². The number of pyridine rings is 2. The summed E-state index contributed by atoms with van der Waals surface area (Å²) in [5, 5.41) is 21.7. The van der Waals surface area contributed by atoms with Crippen LogP contribution in [0.25, 0.3) is 33.2 Å². The minimum atomic E-state index is -4.77. The summed E-state index contributed by atoms with van der Waals surface area (Å²) in [6.07, 6.45) is 5.46. The molecule has 14 nitrogen and oxygen atoms in total. The van der Waals surface area contributed by atoms with Crippen molar-refractivity contribution in [3.05, 3.63) is 89.3 Å². The third-order valence-electron chi connectivity index (χ3n) is 15.0. The summed E-state index contributed by atoms with van der Waals surface area (Å²) in [5.74, 6) is 0.110. The van der Waals surface area contributed by atoms with Crippen LogP contribution < -0.4 is 22.6 Å². The average molecular weight is 1350 g/mol. The van der Waals surface area contributed by atoms with Gasteiger partial charge in [0.25, 0.3) is 0 Å². The topological polar surface area (TPSA) is 194 Å². The molecule has 0 spiro atoms. The third kappa shape index (κ3) is 16.4. The van der Waals surface area contributed by atoms with E-state index in [1.54, 1.807) is 21.4 Å². The first-order valence-electron chi connectivity index (χ1n) is 27.4. The Balaban J connectivity index is 0.000000214. The number of nitrogens with zero attached hydrogens (tertiary/aromatic N) is 6. The number of halogens is 11. The first kappa shape index (κ1) is 67.7. The second kappa shape index (κ2) is 28.9. The monoisotopic (exact) mass is 1350 g/mol. The van der Waals surface area contributed by atoms with Crippen molar-refractivity contribution in [3.63, 3.8) is 0 Å². The van der Waals surface area contributed by atoms with Crippen LogP contribution in [0.4, 0.5) is 43.9 Å². The van der Waals surface area contributed by atoms with Gasteiger partial charge in [0.1, 0.15) is 38.8 Å². The maximum atomic E-state index is 12.9. The standard InChI is InChI=1S/C22H19F5N4O3S.C14H11F2N2O.C8H8ClF3N2O2S.3C4H9.Sn/c1-12(22(25,26)27)30-35(32,33)15-6-8-18(29-11-15)20-17(10-28)16-7-5-14(34-21(23)24)9-19(16)31(20)13-3-2-4-13;15-14(16)19-11-4-5-12-9(7-17)8-18(13(12)6-11)10-2-1-3-10;1-5(8(10,11)12)14-17(15,16)6-2-3-7(9)13-4-6;3*1-3-4-2;/h5-9,11-13,21,30H,2-4H2,1H3;4-6,10,14H,1-3H2;2-5,14H,1H3;3*1,3-4H2,2H3;/t12-;;5-;;;;/m0.0..../s1. The summed E-state index contributed by atoms with van der Waals surface area (Å²) in [4.78, 5) is 6.76. The minimum absolute atomic E-state index is 0.0455. The summed E-state index contributed by atoms with van der Waals surface area (Å²) < 4.78 is 196. The van der Waals surface area contributed by atoms with Crippen LogP contribution in [-0.4, -0.2) is 92.0 Å². The number of rotatable bonds is 23. The number of nitriles is 2. The quantitative estimate of drug-likeness (QED) is 0.0354. The van der Waals surface area contributed by atoms with Crippen LogP contribution in [0, 0.1) is 22.7 Å². The van der Waals surface area contributed by atoms with E-state index in [0.29, 0.717) is 36.5 Å². The maximum absolute atomic E-state index is 12.9. The number of hydrogen-bond donors (Lipinski definition) is 2. The van der Waals surface area contributed by atoms with Crippen molar-refractivity contribution >= 4 is 75.5 Å². The number of unbranched alkanes of at least 4 members (excludes halogenated alkanes) is 3. The van der Waals surface area contributed by atoms with Gasteiger partial charge >= 0.3 is 215 Å². The van der Waals surface area contributed by atoms with E-state index in [4.69, 9.17) is 16.3 Å². The van der Waals surface area contributed by atoms with Gasteiger partial charge in [-0.1, -0.05) is 11.6 Å². The van der Waals surface area contributed by atoms with E-state index >= 15 is 0 Å². The smallest absolute Gasteiger partial charge is 0.404 e. The van der Waals surface area contributed by atoms with Crippen molar-refractivity contribution in [1.29, 1.82) is 10.5 Å². The van der Waals surface area contributed by atoms with Crippen molar-refractivity contribution in [3.8, 4) is 35.0 Å². The minimum Gasteiger partial charge on any atom is -0.435 e. The molecule has 2 aromatic carbocycles. The number of benzene rings is 2. The molecule has 0 bridgehead atoms. The normalized spacial score (nSPS) is 15.1. The Hall–Kier alpha value is -5.39. The first-order valence-corrected chi connectivity index (χ1v) is 38.2. The molecular weight excluding hydrogens is 1290 g/mol. The molecule has 2 saturated carbocycles. The van der Waals surface area contributed by atoms with Gasteiger partial charge in [0.2, 0.25) is 20.0 Å². The van der Waals surface area contributed by atoms with Gasteiger partial charge in [0.15, 0.2) is 0 Å². The van der Waals surface area contributed by atoms with Crippen molar-refractivity contribution in [2.75, 3.05) is 0 Å². The van der Waals surface area contributed by atoms with E-state index in [1.807, 2.05) is 6.07 Å². The number of alkyl halides is 10. The van der Waals surface area contributed by atoms with Crippen molar-refractivity contribution in [2.45, 2.75) is 185 Å². The van der Waals surface area contributed by atoms with E-state index in [9.17, 15) is 71.3 Å². The molecule has 84 heavy (non-hydrogen) atoms. The predicted octanol–water partition coefficient (Wildman–Crippen LogP) is 15.0. The molecule has 0 amide bonds. The van der Waals surface area contributed by atoms with E-state index in [2.05, 4.69) is 52.2 Å². The molecule has 4 aromatic heterocycles. The summed E-state index contributed by atoms with van der Waals surface area (Å²) in [6, 6.07) is 14.6. The van der Waals surface area contributed by atoms with Crippen LogP contribution >= 0.6 is 11.6 Å². The van der Waals surface area contributed by atoms with Crippen LogP contribution in [0.2, 0.25) is 18.5 Å². The van der Waals surface area contributed by atoms with Gasteiger partial charge < -0.3 is 9.30 Å². The van der Waals surface area contributed by atoms with E-state index in [0.717, 1.165) is 73.1 Å². The van der Waals surface area contributed by atoms with Gasteiger partial charge in [-0.2, -0.15) is 49.8 Å². The second-order valence-electron chi connectivity index (χ2n) is 20.8. The van der Waals surface area contributed by atoms with Crippen LogP contribution in [0.3, 0.4) is 0 Å². The van der Waals surface area contributed by atoms with Crippen molar-refractivity contribution < 1.29 is 70.2 Å². The van der Waals surface area contributed by atoms with Gasteiger partial charge in [0, 0.05) is 29.9 Å². The van der Waals surface area contributed by atoms with Gasteiger partial charge in [0.05, 0.1) is 22.5 Å². The van der Waals surface area contributed by atoms with Gasteiger partial charge in [-0.3, -0.25) is 4.98 Å². The number of sulfonamides is 2. The predicted molar refractivity (Wildman–Crippen MR) is 301 cm³/mol. The number of ether oxygens (including phenoxy) is 2. The van der Waals surface area contributed by atoms with Crippen LogP contribution in [0.15, 0.2) is 82.8 Å². The van der Waals surface area contributed by atoms with E-state index in [-0.39, 0.29) is 38.8 Å². The molecule has 0 radical (unpaired) electrons. The summed E-state index contributed by atoms with van der Waals surface area (Å²) >= 11 is 2.48. The fraction of sp³-hybridized carbons (Fsp3) is 0.500. The van der Waals surface area contributed by atoms with Crippen LogP contribution in [-0.2, 0) is 20.0 Å². The Kier molecular flexibility index (Phi) is 23.3. The molecule has 2 fully saturated rings. The molecule has 4 heterocycles. The molecular formula is C56H65ClF10N8O6S2Sn. The maximum Gasteiger partial charge on any atom is 0.404 e. The first-order chi connectivity index (χ1) is 39.6. The molecule has 6 aromatic rings. The Labute approximate surface area is 490 Å². The number of fused-ring (bicyclic) bond motifs is 2. The van der Waals surface area contributed by atoms with Crippen molar-refractivity contribution in [2.24, 2.45) is 0 Å². The zero-order valence-electron chi connectivity index (χ0n) is 46.6. The van der Waals surface area contributed by atoms with Crippen LogP contribution in [0.1, 0.15) is 135 Å². The molecule has 0 unspecified atom stereocenters. The molecule has 0 aliphatic heterocycles. The molecule has 8 rings (SSSR count). The van der Waals surface area contributed by atoms with Gasteiger partial charge in [-0.25, -0.2) is 21.8 Å². The zero-order valence-corrected chi connectivity index (χ0v) is 51.8. The van der Waals surface area contributed by atoms with Crippen LogP contribution in [0.5, 0.6) is 11.5 Å². The Morgan fingerprint density at radius 1 is 0.643 bits per heavy atom. The molecule has 0 saturated heterocycles.